The number of benzene rings is 1. The van der Waals surface area contributed by atoms with E-state index >= 15 is 0 Å². The number of carbonyl (C=O) groups is 2. The van der Waals surface area contributed by atoms with Gasteiger partial charge in [0.05, 0.1) is 6.26 Å². The molecule has 0 radical (unpaired) electrons. The number of likely N-dealkylation sites (tertiary alicyclic amines) is 1. The van der Waals surface area contributed by atoms with Gasteiger partial charge in [-0.15, -0.1) is 0 Å². The van der Waals surface area contributed by atoms with Gasteiger partial charge in [-0.2, -0.15) is 0 Å². The lowest BCUT2D eigenvalue weighted by Gasteiger charge is -2.22. The van der Waals surface area contributed by atoms with Crippen molar-refractivity contribution in [2.24, 2.45) is 0 Å². The van der Waals surface area contributed by atoms with Crippen LogP contribution < -0.4 is 5.32 Å². The van der Waals surface area contributed by atoms with Crippen LogP contribution in [-0.2, 0) is 9.59 Å². The van der Waals surface area contributed by atoms with Gasteiger partial charge in [0.25, 0.3) is 5.91 Å². The van der Waals surface area contributed by atoms with E-state index in [1.807, 2.05) is 35.2 Å². The summed E-state index contributed by atoms with van der Waals surface area (Å²) in [6, 6.07) is 13.0. The fourth-order valence-electron chi connectivity index (χ4n) is 3.03. The molecule has 1 aromatic heterocycles. The average molecular weight is 364 g/mol. The van der Waals surface area contributed by atoms with E-state index in [2.05, 4.69) is 5.32 Å². The molecule has 1 aliphatic rings. The number of nitrogens with one attached hydrogen (secondary N) is 1. The summed E-state index contributed by atoms with van der Waals surface area (Å²) in [4.78, 5) is 27.2. The Labute approximate surface area is 159 Å². The van der Waals surface area contributed by atoms with Crippen LogP contribution in [0.2, 0.25) is 0 Å². The van der Waals surface area contributed by atoms with Crippen LogP contribution in [0.1, 0.15) is 37.0 Å². The van der Waals surface area contributed by atoms with Crippen LogP contribution in [0.25, 0.3) is 12.2 Å². The molecule has 27 heavy (non-hydrogen) atoms. The molecule has 1 aromatic carbocycles. The maximum atomic E-state index is 13.0. The van der Waals surface area contributed by atoms with E-state index in [1.165, 1.54) is 6.08 Å². The summed E-state index contributed by atoms with van der Waals surface area (Å²) in [5.41, 5.74) is 1.16. The van der Waals surface area contributed by atoms with Crippen LogP contribution in [-0.4, -0.2) is 29.8 Å². The molecule has 140 valence electrons. The van der Waals surface area contributed by atoms with Crippen molar-refractivity contribution in [3.63, 3.8) is 0 Å². The van der Waals surface area contributed by atoms with Crippen molar-refractivity contribution in [1.82, 2.24) is 10.2 Å². The normalized spacial score (nSPS) is 15.6. The van der Waals surface area contributed by atoms with Crippen molar-refractivity contribution in [3.05, 3.63) is 71.8 Å². The first-order valence-corrected chi connectivity index (χ1v) is 9.31. The summed E-state index contributed by atoms with van der Waals surface area (Å²) >= 11 is 0. The molecule has 0 aliphatic carbocycles. The van der Waals surface area contributed by atoms with Crippen molar-refractivity contribution in [1.29, 1.82) is 0 Å². The largest absolute Gasteiger partial charge is 0.465 e. The Morgan fingerprint density at radius 1 is 0.963 bits per heavy atom. The van der Waals surface area contributed by atoms with Crippen LogP contribution in [0.4, 0.5) is 0 Å². The Hall–Kier alpha value is -3.08. The van der Waals surface area contributed by atoms with E-state index in [0.29, 0.717) is 5.76 Å². The third kappa shape index (κ3) is 5.71. The Balaban J connectivity index is 1.77. The molecule has 1 N–H and O–H groups in total. The maximum absolute atomic E-state index is 13.0. The highest BCUT2D eigenvalue weighted by Gasteiger charge is 2.20. The van der Waals surface area contributed by atoms with Crippen molar-refractivity contribution < 1.29 is 14.0 Å². The minimum absolute atomic E-state index is 0.138. The maximum Gasteiger partial charge on any atom is 0.270 e. The predicted molar refractivity (Wildman–Crippen MR) is 105 cm³/mol. The van der Waals surface area contributed by atoms with Gasteiger partial charge in [0.1, 0.15) is 11.5 Å². The summed E-state index contributed by atoms with van der Waals surface area (Å²) in [6.07, 6.45) is 10.5. The number of carbonyl (C=O) groups excluding carboxylic acids is 2. The number of nitrogens with zero attached hydrogens (tertiary/aromatic N) is 1. The molecular weight excluding hydrogens is 340 g/mol. The quantitative estimate of drug-likeness (QED) is 0.820. The monoisotopic (exact) mass is 364 g/mol. The predicted octanol–water partition coefficient (Wildman–Crippen LogP) is 3.85. The Bertz CT molecular complexity index is 799. The Morgan fingerprint density at radius 2 is 1.70 bits per heavy atom. The van der Waals surface area contributed by atoms with Gasteiger partial charge in [0.15, 0.2) is 0 Å². The fraction of sp³-hybridized carbons (Fsp3) is 0.273. The topological polar surface area (TPSA) is 62.6 Å². The standard InChI is InChI=1S/C22H24N2O3/c25-21(13-12-19-11-8-16-27-19)23-20(17-18-9-4-3-5-10-18)22(26)24-14-6-1-2-7-15-24/h3-5,8-13,16-17H,1-2,6-7,14-15H2,(H,23,25)/b13-12+,20-17-. The van der Waals surface area contributed by atoms with Crippen LogP contribution in [0.3, 0.4) is 0 Å². The Kier molecular flexibility index (Phi) is 6.63. The Morgan fingerprint density at radius 3 is 2.37 bits per heavy atom. The molecule has 0 spiro atoms. The molecule has 2 aromatic rings. The second kappa shape index (κ2) is 9.57. The number of hydrogen-bond donors (Lipinski definition) is 1. The fourth-order valence-corrected chi connectivity index (χ4v) is 3.03. The highest BCUT2D eigenvalue weighted by atomic mass is 16.3. The van der Waals surface area contributed by atoms with Crippen LogP contribution >= 0.6 is 0 Å². The first kappa shape index (κ1) is 18.7. The lowest BCUT2D eigenvalue weighted by molar-refractivity contribution is -0.128. The van der Waals surface area contributed by atoms with Crippen molar-refractivity contribution >= 4 is 24.0 Å². The molecule has 1 fully saturated rings. The van der Waals surface area contributed by atoms with E-state index in [-0.39, 0.29) is 17.5 Å². The molecule has 0 unspecified atom stereocenters. The molecule has 5 heteroatoms. The van der Waals surface area contributed by atoms with Crippen LogP contribution in [0.5, 0.6) is 0 Å². The molecule has 2 heterocycles. The van der Waals surface area contributed by atoms with Gasteiger partial charge >= 0.3 is 0 Å². The first-order valence-electron chi connectivity index (χ1n) is 9.31. The number of hydrogen-bond acceptors (Lipinski definition) is 3. The zero-order valence-corrected chi connectivity index (χ0v) is 15.3. The van der Waals surface area contributed by atoms with Gasteiger partial charge in [0, 0.05) is 19.2 Å². The van der Waals surface area contributed by atoms with Crippen molar-refractivity contribution in [3.8, 4) is 0 Å². The first-order chi connectivity index (χ1) is 13.2. The smallest absolute Gasteiger partial charge is 0.270 e. The van der Waals surface area contributed by atoms with Gasteiger partial charge in [-0.25, -0.2) is 0 Å². The van der Waals surface area contributed by atoms with E-state index in [9.17, 15) is 9.59 Å². The molecule has 1 aliphatic heterocycles. The highest BCUT2D eigenvalue weighted by Crippen LogP contribution is 2.14. The number of furan rings is 1. The van der Waals surface area contributed by atoms with Crippen molar-refractivity contribution in [2.45, 2.75) is 25.7 Å². The second-order valence-corrected chi connectivity index (χ2v) is 6.51. The second-order valence-electron chi connectivity index (χ2n) is 6.51. The van der Waals surface area contributed by atoms with Gasteiger partial charge in [-0.05, 0) is 42.7 Å². The molecule has 2 amide bonds. The minimum atomic E-state index is -0.364. The van der Waals surface area contributed by atoms with Crippen molar-refractivity contribution in [2.75, 3.05) is 13.1 Å². The highest BCUT2D eigenvalue weighted by molar-refractivity contribution is 6.04. The van der Waals surface area contributed by atoms with E-state index in [1.54, 1.807) is 30.5 Å². The molecule has 0 bridgehead atoms. The molecule has 0 saturated carbocycles. The lowest BCUT2D eigenvalue weighted by atomic mass is 10.1. The molecule has 3 rings (SSSR count). The van der Waals surface area contributed by atoms with E-state index < -0.39 is 0 Å². The third-order valence-electron chi connectivity index (χ3n) is 4.43. The summed E-state index contributed by atoms with van der Waals surface area (Å²) in [5.74, 6) is 0.0786. The summed E-state index contributed by atoms with van der Waals surface area (Å²) in [6.45, 7) is 1.45. The minimum Gasteiger partial charge on any atom is -0.465 e. The van der Waals surface area contributed by atoms with Gasteiger partial charge in [-0.1, -0.05) is 43.2 Å². The molecular formula is C22H24N2O3. The molecule has 5 nitrogen and oxygen atoms in total. The average Bonchev–Trinajstić information content (AvgIpc) is 3.06. The summed E-state index contributed by atoms with van der Waals surface area (Å²) < 4.78 is 5.18. The van der Waals surface area contributed by atoms with E-state index in [0.717, 1.165) is 44.3 Å². The zero-order chi connectivity index (χ0) is 18.9. The van der Waals surface area contributed by atoms with Crippen LogP contribution in [0, 0.1) is 0 Å². The molecule has 1 saturated heterocycles. The van der Waals surface area contributed by atoms with Gasteiger partial charge in [0.2, 0.25) is 5.91 Å². The lowest BCUT2D eigenvalue weighted by Crippen LogP contribution is -2.38. The number of amides is 2. The SMILES string of the molecule is O=C(/C=C/c1ccco1)N/C(=C\c1ccccc1)C(=O)N1CCCCCC1. The zero-order valence-electron chi connectivity index (χ0n) is 15.3. The third-order valence-corrected chi connectivity index (χ3v) is 4.43. The van der Waals surface area contributed by atoms with Gasteiger partial charge < -0.3 is 14.6 Å². The summed E-state index contributed by atoms with van der Waals surface area (Å²) in [5, 5.41) is 2.75. The van der Waals surface area contributed by atoms with Gasteiger partial charge in [-0.3, -0.25) is 9.59 Å². The summed E-state index contributed by atoms with van der Waals surface area (Å²) in [7, 11) is 0. The molecule has 0 atom stereocenters. The van der Waals surface area contributed by atoms with E-state index in [4.69, 9.17) is 4.42 Å². The van der Waals surface area contributed by atoms with Crippen LogP contribution in [0.15, 0.2) is 64.9 Å². The number of rotatable bonds is 5.